The minimum absolute atomic E-state index is 0.121. The van der Waals surface area contributed by atoms with Gasteiger partial charge in [0.15, 0.2) is 0 Å². The van der Waals surface area contributed by atoms with Crippen LogP contribution in [0.15, 0.2) is 66.6 Å². The van der Waals surface area contributed by atoms with E-state index in [2.05, 4.69) is 10.3 Å². The molecule has 4 nitrogen and oxygen atoms in total. The highest BCUT2D eigenvalue weighted by atomic mass is 19.1. The summed E-state index contributed by atoms with van der Waals surface area (Å²) in [5.41, 5.74) is 8.48. The lowest BCUT2D eigenvalue weighted by Gasteiger charge is -2.29. The Morgan fingerprint density at radius 3 is 2.48 bits per heavy atom. The highest BCUT2D eigenvalue weighted by molar-refractivity contribution is 5.66. The molecule has 1 unspecified atom stereocenters. The summed E-state index contributed by atoms with van der Waals surface area (Å²) in [5.74, 6) is 0.100. The van der Waals surface area contributed by atoms with Crippen molar-refractivity contribution in [3.63, 3.8) is 0 Å². The van der Waals surface area contributed by atoms with E-state index < -0.39 is 17.2 Å². The van der Waals surface area contributed by atoms with Crippen LogP contribution in [0.1, 0.15) is 16.7 Å². The van der Waals surface area contributed by atoms with Crippen molar-refractivity contribution in [1.82, 2.24) is 10.3 Å². The van der Waals surface area contributed by atoms with E-state index in [1.54, 1.807) is 25.3 Å². The summed E-state index contributed by atoms with van der Waals surface area (Å²) >= 11 is 0. The molecule has 1 aliphatic heterocycles. The van der Waals surface area contributed by atoms with Gasteiger partial charge >= 0.3 is 0 Å². The second-order valence-corrected chi connectivity index (χ2v) is 7.15. The predicted octanol–water partition coefficient (Wildman–Crippen LogP) is 4.03. The molecule has 0 bridgehead atoms. The van der Waals surface area contributed by atoms with Crippen molar-refractivity contribution in [2.75, 3.05) is 13.7 Å². The third kappa shape index (κ3) is 3.20. The van der Waals surface area contributed by atoms with Gasteiger partial charge in [-0.25, -0.2) is 9.37 Å². The van der Waals surface area contributed by atoms with E-state index in [0.717, 1.165) is 22.4 Å². The van der Waals surface area contributed by atoms with E-state index in [4.69, 9.17) is 10.5 Å². The summed E-state index contributed by atoms with van der Waals surface area (Å²) in [4.78, 5) is 3.65. The first-order valence-corrected chi connectivity index (χ1v) is 9.23. The smallest absolute Gasteiger partial charge is 0.220 e. The standard InChI is InChI=1S/C23H21F2N3O/c1-14-10-15(6-8-20(14)29-2)23(12-21(26)28-13-23)16-5-7-19(24)18(11-16)17-4-3-9-27-22(17)25/h3-12,28H,13,26H2,1-2H3. The van der Waals surface area contributed by atoms with Crippen LogP contribution in [0.5, 0.6) is 5.75 Å². The topological polar surface area (TPSA) is 60.2 Å². The number of halogens is 2. The number of nitrogens with two attached hydrogens (primary N) is 1. The number of nitrogens with one attached hydrogen (secondary N) is 1. The lowest BCUT2D eigenvalue weighted by atomic mass is 9.74. The van der Waals surface area contributed by atoms with Crippen molar-refractivity contribution in [3.8, 4) is 16.9 Å². The Bertz CT molecular complexity index is 1110. The van der Waals surface area contributed by atoms with Crippen LogP contribution < -0.4 is 15.8 Å². The molecule has 4 rings (SSSR count). The number of nitrogens with zero attached hydrogens (tertiary/aromatic N) is 1. The molecule has 0 amide bonds. The summed E-state index contributed by atoms with van der Waals surface area (Å²) in [6, 6.07) is 13.8. The number of methoxy groups -OCH3 is 1. The molecule has 2 aromatic carbocycles. The van der Waals surface area contributed by atoms with Crippen LogP contribution in [0.3, 0.4) is 0 Å². The number of hydrogen-bond acceptors (Lipinski definition) is 4. The van der Waals surface area contributed by atoms with Crippen molar-refractivity contribution in [2.24, 2.45) is 5.73 Å². The van der Waals surface area contributed by atoms with Crippen LogP contribution in [0.25, 0.3) is 11.1 Å². The van der Waals surface area contributed by atoms with Crippen LogP contribution in [0.4, 0.5) is 8.78 Å². The van der Waals surface area contributed by atoms with E-state index in [1.807, 2.05) is 31.2 Å². The Morgan fingerprint density at radius 1 is 1.07 bits per heavy atom. The number of aryl methyl sites for hydroxylation is 1. The van der Waals surface area contributed by atoms with Crippen LogP contribution in [0, 0.1) is 18.7 Å². The highest BCUT2D eigenvalue weighted by Gasteiger charge is 2.37. The zero-order valence-corrected chi connectivity index (χ0v) is 16.2. The van der Waals surface area contributed by atoms with Crippen molar-refractivity contribution in [1.29, 1.82) is 0 Å². The minimum Gasteiger partial charge on any atom is -0.496 e. The van der Waals surface area contributed by atoms with Crippen LogP contribution in [0.2, 0.25) is 0 Å². The minimum atomic E-state index is -0.711. The summed E-state index contributed by atoms with van der Waals surface area (Å²) in [7, 11) is 1.63. The van der Waals surface area contributed by atoms with E-state index in [0.29, 0.717) is 12.4 Å². The van der Waals surface area contributed by atoms with E-state index in [9.17, 15) is 8.78 Å². The Labute approximate surface area is 168 Å². The average Bonchev–Trinajstić information content (AvgIpc) is 3.12. The zero-order valence-electron chi connectivity index (χ0n) is 16.2. The number of aromatic nitrogens is 1. The molecule has 148 valence electrons. The molecule has 3 aromatic rings. The molecule has 0 saturated heterocycles. The SMILES string of the molecule is COc1ccc(C2(c3ccc(F)c(-c4cccnc4F)c3)C=C(N)NC2)cc1C. The largest absolute Gasteiger partial charge is 0.496 e. The van der Waals surface area contributed by atoms with Crippen LogP contribution in [-0.4, -0.2) is 18.6 Å². The van der Waals surface area contributed by atoms with E-state index in [1.165, 1.54) is 18.3 Å². The Balaban J connectivity index is 1.91. The van der Waals surface area contributed by atoms with Gasteiger partial charge in [0, 0.05) is 23.9 Å². The normalized spacial score (nSPS) is 18.3. The van der Waals surface area contributed by atoms with Gasteiger partial charge in [-0.2, -0.15) is 4.39 Å². The van der Waals surface area contributed by atoms with Crippen molar-refractivity contribution in [2.45, 2.75) is 12.3 Å². The second-order valence-electron chi connectivity index (χ2n) is 7.15. The third-order valence-corrected chi connectivity index (χ3v) is 5.41. The molecule has 0 saturated carbocycles. The maximum absolute atomic E-state index is 14.6. The van der Waals surface area contributed by atoms with Crippen molar-refractivity contribution < 1.29 is 13.5 Å². The van der Waals surface area contributed by atoms with Gasteiger partial charge in [0.1, 0.15) is 11.6 Å². The molecule has 2 heterocycles. The fraction of sp³-hybridized carbons (Fsp3) is 0.174. The number of ether oxygens (including phenoxy) is 1. The lowest BCUT2D eigenvalue weighted by Crippen LogP contribution is -2.31. The van der Waals surface area contributed by atoms with E-state index in [-0.39, 0.29) is 11.1 Å². The van der Waals surface area contributed by atoms with Gasteiger partial charge in [-0.05, 0) is 60.0 Å². The number of pyridine rings is 1. The number of rotatable bonds is 4. The van der Waals surface area contributed by atoms with Gasteiger partial charge < -0.3 is 15.8 Å². The molecular formula is C23H21F2N3O. The first-order valence-electron chi connectivity index (χ1n) is 9.23. The maximum atomic E-state index is 14.6. The highest BCUT2D eigenvalue weighted by Crippen LogP contribution is 2.40. The quantitative estimate of drug-likeness (QED) is 0.657. The summed E-state index contributed by atoms with van der Waals surface area (Å²) in [6.07, 6.45) is 3.26. The first kappa shape index (κ1) is 18.9. The number of benzene rings is 2. The third-order valence-electron chi connectivity index (χ3n) is 5.41. The Kier molecular flexibility index (Phi) is 4.70. The fourth-order valence-electron chi connectivity index (χ4n) is 3.90. The van der Waals surface area contributed by atoms with Gasteiger partial charge in [-0.1, -0.05) is 18.2 Å². The molecule has 3 N–H and O–H groups in total. The van der Waals surface area contributed by atoms with Crippen LogP contribution >= 0.6 is 0 Å². The molecule has 1 aliphatic rings. The molecule has 1 atom stereocenters. The first-order chi connectivity index (χ1) is 13.9. The lowest BCUT2D eigenvalue weighted by molar-refractivity contribution is 0.411. The Hall–Kier alpha value is -3.41. The van der Waals surface area contributed by atoms with Crippen molar-refractivity contribution >= 4 is 0 Å². The molecular weight excluding hydrogens is 372 g/mol. The average molecular weight is 393 g/mol. The van der Waals surface area contributed by atoms with E-state index >= 15 is 0 Å². The second kappa shape index (κ2) is 7.20. The summed E-state index contributed by atoms with van der Waals surface area (Å²) in [6.45, 7) is 2.47. The monoisotopic (exact) mass is 393 g/mol. The van der Waals surface area contributed by atoms with Crippen LogP contribution in [-0.2, 0) is 5.41 Å². The molecule has 0 fully saturated rings. The molecule has 29 heavy (non-hydrogen) atoms. The molecule has 0 radical (unpaired) electrons. The molecule has 0 spiro atoms. The number of hydrogen-bond donors (Lipinski definition) is 2. The van der Waals surface area contributed by atoms with Gasteiger partial charge in [0.2, 0.25) is 5.95 Å². The summed E-state index contributed by atoms with van der Waals surface area (Å²) in [5, 5.41) is 3.17. The van der Waals surface area contributed by atoms with Crippen molar-refractivity contribution in [3.05, 3.63) is 95.1 Å². The van der Waals surface area contributed by atoms with Gasteiger partial charge in [-0.3, -0.25) is 0 Å². The predicted molar refractivity (Wildman–Crippen MR) is 108 cm³/mol. The molecule has 0 aliphatic carbocycles. The van der Waals surface area contributed by atoms with Gasteiger partial charge in [0.05, 0.1) is 18.3 Å². The molecule has 1 aromatic heterocycles. The van der Waals surface area contributed by atoms with Gasteiger partial charge in [0.25, 0.3) is 0 Å². The van der Waals surface area contributed by atoms with Gasteiger partial charge in [-0.15, -0.1) is 0 Å². The zero-order chi connectivity index (χ0) is 20.6. The molecule has 6 heteroatoms. The summed E-state index contributed by atoms with van der Waals surface area (Å²) < 4.78 is 34.2. The fourth-order valence-corrected chi connectivity index (χ4v) is 3.90. The maximum Gasteiger partial charge on any atom is 0.220 e. The Morgan fingerprint density at radius 2 is 1.83 bits per heavy atom.